The number of Topliss-reactive ketones (excluding diaryl/α,β-unsaturated/α-hetero) is 1. The molecule has 9 nitrogen and oxygen atoms in total. The summed E-state index contributed by atoms with van der Waals surface area (Å²) in [5, 5.41) is 22.6. The van der Waals surface area contributed by atoms with Gasteiger partial charge < -0.3 is 20.3 Å². The predicted octanol–water partition coefficient (Wildman–Crippen LogP) is 4.85. The van der Waals surface area contributed by atoms with E-state index in [0.717, 1.165) is 16.7 Å². The van der Waals surface area contributed by atoms with Gasteiger partial charge in [0.2, 0.25) is 10.0 Å². The number of nitrogens with zero attached hydrogens (tertiary/aromatic N) is 1. The molecule has 0 fully saturated rings. The number of hydrogen-bond acceptors (Lipinski definition) is 7. The van der Waals surface area contributed by atoms with Crippen molar-refractivity contribution in [2.75, 3.05) is 13.7 Å². The Labute approximate surface area is 276 Å². The number of ether oxygens (including phenoxy) is 1. The summed E-state index contributed by atoms with van der Waals surface area (Å²) in [5.41, 5.74) is 3.72. The van der Waals surface area contributed by atoms with Crippen LogP contribution in [-0.2, 0) is 39.0 Å². The maximum absolute atomic E-state index is 14.1. The number of alkyl carbamates (subject to hydrolysis) is 1. The summed E-state index contributed by atoms with van der Waals surface area (Å²) in [7, 11) is -2.74. The van der Waals surface area contributed by atoms with Crippen LogP contribution in [-0.4, -0.2) is 66.7 Å². The first-order chi connectivity index (χ1) is 22.6. The second kappa shape index (κ2) is 16.5. The smallest absolute Gasteiger partial charge is 0.407 e. The van der Waals surface area contributed by atoms with Gasteiger partial charge in [-0.15, -0.1) is 0 Å². The van der Waals surface area contributed by atoms with E-state index in [-0.39, 0.29) is 30.1 Å². The fourth-order valence-electron chi connectivity index (χ4n) is 5.90. The maximum Gasteiger partial charge on any atom is 0.407 e. The molecule has 0 saturated heterocycles. The van der Waals surface area contributed by atoms with E-state index in [1.165, 1.54) is 23.5 Å². The van der Waals surface area contributed by atoms with Gasteiger partial charge in [-0.25, -0.2) is 13.2 Å². The molecule has 47 heavy (non-hydrogen) atoms. The number of carbonyl (C=O) groups is 2. The molecule has 248 valence electrons. The number of benzene rings is 4. The van der Waals surface area contributed by atoms with Crippen molar-refractivity contribution in [2.45, 2.75) is 62.2 Å². The fourth-order valence-corrected chi connectivity index (χ4v) is 7.71. The van der Waals surface area contributed by atoms with Crippen LogP contribution >= 0.6 is 0 Å². The highest BCUT2D eigenvalue weighted by Crippen LogP contribution is 2.30. The summed E-state index contributed by atoms with van der Waals surface area (Å²) < 4.78 is 33.7. The van der Waals surface area contributed by atoms with Gasteiger partial charge in [0.15, 0.2) is 5.78 Å². The van der Waals surface area contributed by atoms with E-state index in [2.05, 4.69) is 5.32 Å². The van der Waals surface area contributed by atoms with Crippen molar-refractivity contribution in [2.24, 2.45) is 0 Å². The number of amides is 1. The van der Waals surface area contributed by atoms with Crippen LogP contribution in [0.2, 0.25) is 0 Å². The molecule has 4 aromatic carbocycles. The topological polar surface area (TPSA) is 133 Å². The van der Waals surface area contributed by atoms with Crippen LogP contribution < -0.4 is 5.32 Å². The van der Waals surface area contributed by atoms with Crippen molar-refractivity contribution < 1.29 is 33.0 Å². The highest BCUT2D eigenvalue weighted by Gasteiger charge is 2.35. The minimum Gasteiger partial charge on any atom is -0.453 e. The second-order valence-electron chi connectivity index (χ2n) is 11.6. The molecule has 0 aliphatic heterocycles. The highest BCUT2D eigenvalue weighted by molar-refractivity contribution is 7.89. The molecular formula is C37H42N2O7S. The van der Waals surface area contributed by atoms with Crippen LogP contribution in [0.5, 0.6) is 0 Å². The Bertz CT molecular complexity index is 1670. The molecule has 0 saturated carbocycles. The number of hydrogen-bond donors (Lipinski definition) is 3. The Kier molecular flexibility index (Phi) is 12.4. The highest BCUT2D eigenvalue weighted by atomic mass is 32.2. The molecular weight excluding hydrogens is 616 g/mol. The van der Waals surface area contributed by atoms with Crippen molar-refractivity contribution in [3.05, 3.63) is 137 Å². The van der Waals surface area contributed by atoms with Crippen LogP contribution in [0.3, 0.4) is 0 Å². The summed E-state index contributed by atoms with van der Waals surface area (Å²) in [6.45, 7) is 2.88. The van der Waals surface area contributed by atoms with Gasteiger partial charge in [-0.1, -0.05) is 97.1 Å². The zero-order chi connectivity index (χ0) is 34.0. The van der Waals surface area contributed by atoms with Gasteiger partial charge in [0, 0.05) is 18.4 Å². The lowest BCUT2D eigenvalue weighted by molar-refractivity contribution is -0.120. The van der Waals surface area contributed by atoms with Crippen molar-refractivity contribution in [3.63, 3.8) is 0 Å². The molecule has 0 spiro atoms. The van der Waals surface area contributed by atoms with Crippen LogP contribution in [0.25, 0.3) is 0 Å². The quantitative estimate of drug-likeness (QED) is 0.166. The Morgan fingerprint density at radius 1 is 0.787 bits per heavy atom. The lowest BCUT2D eigenvalue weighted by Gasteiger charge is -2.33. The number of carbonyl (C=O) groups excluding carboxylic acids is 2. The number of aliphatic hydroxyl groups is 2. The van der Waals surface area contributed by atoms with Gasteiger partial charge in [-0.05, 0) is 60.2 Å². The normalized spacial score (nSPS) is 13.0. The largest absolute Gasteiger partial charge is 0.453 e. The van der Waals surface area contributed by atoms with Gasteiger partial charge in [0.1, 0.15) is 6.04 Å². The third-order valence-corrected chi connectivity index (χ3v) is 10.2. The summed E-state index contributed by atoms with van der Waals surface area (Å²) in [4.78, 5) is 26.6. The first-order valence-electron chi connectivity index (χ1n) is 15.5. The minimum absolute atomic E-state index is 0.00808. The summed E-state index contributed by atoms with van der Waals surface area (Å²) in [6, 6.07) is 30.1. The van der Waals surface area contributed by atoms with Gasteiger partial charge >= 0.3 is 6.09 Å². The Morgan fingerprint density at radius 2 is 1.36 bits per heavy atom. The predicted molar refractivity (Wildman–Crippen MR) is 180 cm³/mol. The average Bonchev–Trinajstić information content (AvgIpc) is 3.08. The maximum atomic E-state index is 14.1. The van der Waals surface area contributed by atoms with E-state index in [0.29, 0.717) is 11.1 Å². The van der Waals surface area contributed by atoms with Gasteiger partial charge in [-0.2, -0.15) is 4.31 Å². The van der Waals surface area contributed by atoms with Crippen LogP contribution in [0.1, 0.15) is 47.6 Å². The Morgan fingerprint density at radius 3 is 1.87 bits per heavy atom. The molecule has 0 aliphatic carbocycles. The van der Waals surface area contributed by atoms with Gasteiger partial charge in [0.25, 0.3) is 0 Å². The van der Waals surface area contributed by atoms with E-state index >= 15 is 0 Å². The van der Waals surface area contributed by atoms with E-state index in [1.54, 1.807) is 32.0 Å². The van der Waals surface area contributed by atoms with Crippen molar-refractivity contribution in [1.29, 1.82) is 0 Å². The van der Waals surface area contributed by atoms with Crippen LogP contribution in [0.4, 0.5) is 4.79 Å². The lowest BCUT2D eigenvalue weighted by atomic mass is 9.82. The molecule has 0 unspecified atom stereocenters. The molecule has 3 N–H and O–H groups in total. The molecule has 0 aromatic heterocycles. The standard InChI is InChI=1S/C37H42N2O7S/c1-26(2)39(47(44,45)33-19-17-27(24-40)18-20-33)32(25-41)22-28-11-10-12-29(21-28)23-34(42)36(38-37(43)46-3)35(30-13-6-4-7-14-30)31-15-8-5-9-16-31/h4-21,26,32,35-36,40-41H,22-25H2,1-3H3,(H,38,43)/t32-,36+/m0/s1. The number of ketones is 1. The number of nitrogens with one attached hydrogen (secondary N) is 1. The molecule has 0 aliphatic rings. The molecule has 0 bridgehead atoms. The minimum atomic E-state index is -3.99. The number of aliphatic hydroxyl groups excluding tert-OH is 2. The van der Waals surface area contributed by atoms with Crippen molar-refractivity contribution >= 4 is 21.9 Å². The Balaban J connectivity index is 1.62. The van der Waals surface area contributed by atoms with E-state index in [9.17, 15) is 28.2 Å². The monoisotopic (exact) mass is 658 g/mol. The van der Waals surface area contributed by atoms with Crippen molar-refractivity contribution in [1.82, 2.24) is 9.62 Å². The number of sulfonamides is 1. The average molecular weight is 659 g/mol. The van der Waals surface area contributed by atoms with E-state index in [1.807, 2.05) is 78.9 Å². The summed E-state index contributed by atoms with van der Waals surface area (Å²) in [5.74, 6) is -0.719. The summed E-state index contributed by atoms with van der Waals surface area (Å²) in [6.07, 6.45) is -0.530. The second-order valence-corrected chi connectivity index (χ2v) is 13.5. The van der Waals surface area contributed by atoms with E-state index < -0.39 is 46.8 Å². The van der Waals surface area contributed by atoms with Crippen molar-refractivity contribution in [3.8, 4) is 0 Å². The van der Waals surface area contributed by atoms with Crippen LogP contribution in [0, 0.1) is 0 Å². The third kappa shape index (κ3) is 8.93. The fraction of sp³-hybridized carbons (Fsp3) is 0.297. The first kappa shape index (κ1) is 35.5. The summed E-state index contributed by atoms with van der Waals surface area (Å²) >= 11 is 0. The molecule has 4 rings (SSSR count). The van der Waals surface area contributed by atoms with Gasteiger partial charge in [0.05, 0.1) is 31.3 Å². The van der Waals surface area contributed by atoms with Gasteiger partial charge in [-0.3, -0.25) is 4.79 Å². The molecule has 10 heteroatoms. The molecule has 2 atom stereocenters. The van der Waals surface area contributed by atoms with E-state index in [4.69, 9.17) is 4.74 Å². The lowest BCUT2D eigenvalue weighted by Crippen LogP contribution is -2.47. The molecule has 1 amide bonds. The Hall–Kier alpha value is -4.35. The molecule has 0 heterocycles. The molecule has 4 aromatic rings. The number of rotatable bonds is 15. The molecule has 0 radical (unpaired) electrons. The first-order valence-corrected chi connectivity index (χ1v) is 16.9. The SMILES string of the molecule is COC(=O)N[C@H](C(=O)Cc1cccc(C[C@@H](CO)N(C(C)C)S(=O)(=O)c2ccc(CO)cc2)c1)C(c1ccccc1)c1ccccc1. The van der Waals surface area contributed by atoms with Crippen LogP contribution in [0.15, 0.2) is 114 Å². The number of methoxy groups -OCH3 is 1. The third-order valence-electron chi connectivity index (χ3n) is 8.06. The zero-order valence-corrected chi connectivity index (χ0v) is 27.6. The zero-order valence-electron chi connectivity index (χ0n) is 26.8.